The summed E-state index contributed by atoms with van der Waals surface area (Å²) < 4.78 is 52.7. The number of anilines is 2. The van der Waals surface area contributed by atoms with Crippen LogP contribution in [0.1, 0.15) is 47.2 Å². The summed E-state index contributed by atoms with van der Waals surface area (Å²) in [4.78, 5) is 17.0. The summed E-state index contributed by atoms with van der Waals surface area (Å²) in [5.41, 5.74) is 4.32. The lowest BCUT2D eigenvalue weighted by Crippen LogP contribution is -2.37. The lowest BCUT2D eigenvalue weighted by Gasteiger charge is -2.34. The Balaban J connectivity index is 1.23. The van der Waals surface area contributed by atoms with Gasteiger partial charge in [0.05, 0.1) is 26.9 Å². The van der Waals surface area contributed by atoms with Crippen molar-refractivity contribution in [2.24, 2.45) is 0 Å². The SMILES string of the molecule is COc1cc(C(=O)N(C)[C@@H]2CCOC2)cc(OC)c1S(=O)(=O)Nc1noc2c1CC1(CC1)c1ccc(N3CCC3)cc1-2. The number of benzene rings is 2. The Kier molecular flexibility index (Phi) is 6.39. The fourth-order valence-electron chi connectivity index (χ4n) is 6.39. The summed E-state index contributed by atoms with van der Waals surface area (Å²) in [6, 6.07) is 9.32. The number of carbonyl (C=O) groups is 1. The average molecular weight is 595 g/mol. The zero-order valence-electron chi connectivity index (χ0n) is 23.9. The highest BCUT2D eigenvalue weighted by atomic mass is 32.2. The highest BCUT2D eigenvalue weighted by molar-refractivity contribution is 7.93. The number of likely N-dealkylation sites (N-methyl/N-ethyl adjacent to an activating group) is 1. The molecule has 0 bridgehead atoms. The van der Waals surface area contributed by atoms with Crippen LogP contribution in [0.4, 0.5) is 11.5 Å². The molecule has 2 aliphatic carbocycles. The minimum absolute atomic E-state index is 0.0122. The quantitative estimate of drug-likeness (QED) is 0.415. The molecule has 42 heavy (non-hydrogen) atoms. The molecule has 1 spiro atoms. The van der Waals surface area contributed by atoms with Crippen LogP contribution in [0.25, 0.3) is 11.3 Å². The second-order valence-electron chi connectivity index (χ2n) is 11.6. The van der Waals surface area contributed by atoms with E-state index in [1.807, 2.05) is 0 Å². The molecule has 1 amide bonds. The number of carbonyl (C=O) groups excluding carboxylic acids is 1. The van der Waals surface area contributed by atoms with Gasteiger partial charge < -0.3 is 28.5 Å². The van der Waals surface area contributed by atoms with Crippen LogP contribution in [-0.4, -0.2) is 78.0 Å². The standard InChI is InChI=1S/C30H34N4O7S/c1-33(20-7-12-40-17-20)29(35)18-13-24(38-2)27(25(14-18)39-3)42(36,37)32-28-22-16-30(8-9-30)23-6-5-19(34-10-4-11-34)15-21(23)26(22)41-31-28/h5-6,13-15,20H,4,7-12,16-17H2,1-3H3,(H,31,32)/t20-/m1/s1. The number of hydrogen-bond acceptors (Lipinski definition) is 9. The molecule has 1 aromatic heterocycles. The summed E-state index contributed by atoms with van der Waals surface area (Å²) in [5.74, 6) is 0.446. The first kappa shape index (κ1) is 27.1. The predicted molar refractivity (Wildman–Crippen MR) is 155 cm³/mol. The topological polar surface area (TPSA) is 123 Å². The maximum atomic E-state index is 13.9. The molecular weight excluding hydrogens is 560 g/mol. The smallest absolute Gasteiger partial charge is 0.270 e. The highest BCUT2D eigenvalue weighted by Gasteiger charge is 2.51. The van der Waals surface area contributed by atoms with Crippen molar-refractivity contribution in [1.29, 1.82) is 0 Å². The Morgan fingerprint density at radius 3 is 2.48 bits per heavy atom. The van der Waals surface area contributed by atoms with Crippen molar-refractivity contribution in [3.05, 3.63) is 47.0 Å². The van der Waals surface area contributed by atoms with E-state index < -0.39 is 10.0 Å². The van der Waals surface area contributed by atoms with E-state index in [-0.39, 0.29) is 45.1 Å². The van der Waals surface area contributed by atoms with E-state index in [9.17, 15) is 13.2 Å². The summed E-state index contributed by atoms with van der Waals surface area (Å²) >= 11 is 0. The van der Waals surface area contributed by atoms with E-state index in [0.717, 1.165) is 49.2 Å². The molecule has 2 aliphatic heterocycles. The van der Waals surface area contributed by atoms with Gasteiger partial charge in [0.15, 0.2) is 16.5 Å². The summed E-state index contributed by atoms with van der Waals surface area (Å²) in [7, 11) is 0.158. The first-order valence-corrected chi connectivity index (χ1v) is 15.7. The summed E-state index contributed by atoms with van der Waals surface area (Å²) in [6.45, 7) is 3.10. The normalized spacial score (nSPS) is 20.0. The van der Waals surface area contributed by atoms with E-state index in [1.54, 1.807) is 11.9 Å². The molecule has 2 saturated heterocycles. The Hall–Kier alpha value is -3.77. The Morgan fingerprint density at radius 1 is 1.14 bits per heavy atom. The number of hydrogen-bond donors (Lipinski definition) is 1. The Morgan fingerprint density at radius 2 is 1.88 bits per heavy atom. The maximum Gasteiger partial charge on any atom is 0.270 e. The number of sulfonamides is 1. The first-order chi connectivity index (χ1) is 20.2. The van der Waals surface area contributed by atoms with Crippen LogP contribution in [0.3, 0.4) is 0 Å². The molecule has 0 radical (unpaired) electrons. The first-order valence-electron chi connectivity index (χ1n) is 14.3. The van der Waals surface area contributed by atoms with E-state index in [0.29, 0.717) is 25.4 Å². The van der Waals surface area contributed by atoms with Gasteiger partial charge in [0.25, 0.3) is 15.9 Å². The molecule has 1 atom stereocenters. The van der Waals surface area contributed by atoms with Gasteiger partial charge in [-0.15, -0.1) is 0 Å². The number of ether oxygens (including phenoxy) is 3. The van der Waals surface area contributed by atoms with Crippen molar-refractivity contribution in [3.63, 3.8) is 0 Å². The van der Waals surface area contributed by atoms with Crippen molar-refractivity contribution in [1.82, 2.24) is 10.1 Å². The van der Waals surface area contributed by atoms with Gasteiger partial charge in [-0.2, -0.15) is 0 Å². The Labute approximate surface area is 244 Å². The van der Waals surface area contributed by atoms with E-state index in [4.69, 9.17) is 18.7 Å². The molecule has 3 heterocycles. The van der Waals surface area contributed by atoms with Crippen LogP contribution < -0.4 is 19.1 Å². The van der Waals surface area contributed by atoms with Crippen molar-refractivity contribution < 1.29 is 31.9 Å². The third-order valence-corrected chi connectivity index (χ3v) is 10.6. The number of nitrogens with zero attached hydrogens (tertiary/aromatic N) is 3. The molecule has 3 fully saturated rings. The molecule has 0 unspecified atom stereocenters. The fraction of sp³-hybridized carbons (Fsp3) is 0.467. The van der Waals surface area contributed by atoms with E-state index in [2.05, 4.69) is 33.0 Å². The van der Waals surface area contributed by atoms with Crippen molar-refractivity contribution >= 4 is 27.4 Å². The fourth-order valence-corrected chi connectivity index (χ4v) is 7.72. The highest BCUT2D eigenvalue weighted by Crippen LogP contribution is 2.59. The van der Waals surface area contributed by atoms with E-state index in [1.165, 1.54) is 38.3 Å². The molecule has 222 valence electrons. The third kappa shape index (κ3) is 4.30. The van der Waals surface area contributed by atoms with Crippen molar-refractivity contribution in [3.8, 4) is 22.8 Å². The lowest BCUT2D eigenvalue weighted by atomic mass is 9.79. The molecule has 4 aliphatic rings. The molecule has 1 N–H and O–H groups in total. The summed E-state index contributed by atoms with van der Waals surface area (Å²) in [5, 5.41) is 4.20. The second-order valence-corrected chi connectivity index (χ2v) is 13.2. The molecule has 1 saturated carbocycles. The van der Waals surface area contributed by atoms with Crippen LogP contribution in [0, 0.1) is 0 Å². The molecule has 12 heteroatoms. The van der Waals surface area contributed by atoms with Crippen LogP contribution in [-0.2, 0) is 26.6 Å². The molecule has 7 rings (SSSR count). The van der Waals surface area contributed by atoms with Crippen LogP contribution >= 0.6 is 0 Å². The maximum absolute atomic E-state index is 13.9. The third-order valence-electron chi connectivity index (χ3n) is 9.18. The Bertz CT molecular complexity index is 1650. The van der Waals surface area contributed by atoms with Crippen LogP contribution in [0.5, 0.6) is 11.5 Å². The van der Waals surface area contributed by atoms with Crippen LogP contribution in [0.15, 0.2) is 39.8 Å². The number of methoxy groups -OCH3 is 2. The minimum atomic E-state index is -4.27. The number of fused-ring (bicyclic) bond motifs is 4. The van der Waals surface area contributed by atoms with Gasteiger partial charge in [-0.05, 0) is 61.9 Å². The van der Waals surface area contributed by atoms with Gasteiger partial charge in [0.2, 0.25) is 0 Å². The number of rotatable bonds is 8. The van der Waals surface area contributed by atoms with Gasteiger partial charge in [0.1, 0.15) is 11.5 Å². The monoisotopic (exact) mass is 594 g/mol. The van der Waals surface area contributed by atoms with Gasteiger partial charge >= 0.3 is 0 Å². The van der Waals surface area contributed by atoms with Gasteiger partial charge in [0, 0.05) is 54.5 Å². The zero-order chi connectivity index (χ0) is 29.2. The predicted octanol–water partition coefficient (Wildman–Crippen LogP) is 3.82. The van der Waals surface area contributed by atoms with Crippen molar-refractivity contribution in [2.75, 3.05) is 57.2 Å². The number of nitrogens with one attached hydrogen (secondary N) is 1. The minimum Gasteiger partial charge on any atom is -0.495 e. The summed E-state index contributed by atoms with van der Waals surface area (Å²) in [6.07, 6.45) is 4.60. The van der Waals surface area contributed by atoms with Crippen molar-refractivity contribution in [2.45, 2.75) is 48.5 Å². The van der Waals surface area contributed by atoms with Gasteiger partial charge in [-0.3, -0.25) is 9.52 Å². The second kappa shape index (κ2) is 9.91. The van der Waals surface area contributed by atoms with E-state index >= 15 is 0 Å². The molecule has 2 aromatic carbocycles. The average Bonchev–Trinajstić information content (AvgIpc) is 3.33. The molecule has 3 aromatic rings. The zero-order valence-corrected chi connectivity index (χ0v) is 24.8. The van der Waals surface area contributed by atoms with Gasteiger partial charge in [-0.1, -0.05) is 11.2 Å². The molecular formula is C30H34N4O7S. The number of amides is 1. The largest absolute Gasteiger partial charge is 0.495 e. The lowest BCUT2D eigenvalue weighted by molar-refractivity contribution is 0.0710. The van der Waals surface area contributed by atoms with Gasteiger partial charge in [-0.25, -0.2) is 8.42 Å². The number of aromatic nitrogens is 1. The van der Waals surface area contributed by atoms with Crippen LogP contribution in [0.2, 0.25) is 0 Å². The molecule has 11 nitrogen and oxygen atoms in total.